The van der Waals surface area contributed by atoms with Gasteiger partial charge in [0.05, 0.1) is 37.5 Å². The van der Waals surface area contributed by atoms with Crippen molar-refractivity contribution in [3.8, 4) is 11.3 Å². The zero-order chi connectivity index (χ0) is 35.2. The molecule has 1 heterocycles. The van der Waals surface area contributed by atoms with Crippen molar-refractivity contribution < 1.29 is 28.6 Å². The average Bonchev–Trinajstić information content (AvgIpc) is 3.32. The number of hydrogen-bond acceptors (Lipinski definition) is 8. The molecule has 1 atom stereocenters. The predicted octanol–water partition coefficient (Wildman–Crippen LogP) is 8.56. The zero-order valence-corrected chi connectivity index (χ0v) is 31.9. The lowest BCUT2D eigenvalue weighted by molar-refractivity contribution is -0.145. The Morgan fingerprint density at radius 1 is 0.896 bits per heavy atom. The lowest BCUT2D eigenvalue weighted by Gasteiger charge is -2.10. The molecule has 0 amide bonds. The average molecular weight is 787 g/mol. The number of ether oxygens (including phenoxy) is 3. The molecule has 0 fully saturated rings. The summed E-state index contributed by atoms with van der Waals surface area (Å²) in [5.41, 5.74) is 8.01. The summed E-state index contributed by atoms with van der Waals surface area (Å²) in [6, 6.07) is 14.2. The lowest BCUT2D eigenvalue weighted by Crippen LogP contribution is -2.16. The van der Waals surface area contributed by atoms with Crippen molar-refractivity contribution >= 4 is 49.6 Å². The highest BCUT2D eigenvalue weighted by Crippen LogP contribution is 2.33. The molecule has 0 saturated carbocycles. The van der Waals surface area contributed by atoms with E-state index in [2.05, 4.69) is 61.1 Å². The zero-order valence-electron chi connectivity index (χ0n) is 28.7. The lowest BCUT2D eigenvalue weighted by atomic mass is 10.0. The number of nitrogens with zero attached hydrogens (tertiary/aromatic N) is 2. The van der Waals surface area contributed by atoms with Crippen LogP contribution in [0.4, 0.5) is 0 Å². The largest absolute Gasteiger partial charge is 0.466 e. The topological polar surface area (TPSA) is 95.0 Å². The van der Waals surface area contributed by atoms with Crippen molar-refractivity contribution in [3.63, 3.8) is 0 Å². The van der Waals surface area contributed by atoms with E-state index in [1.54, 1.807) is 13.1 Å². The number of hydrogen-bond donors (Lipinski definition) is 0. The SMILES string of the molecule is CCOC(=O)CC(C)OCC.CN(C)/C=C1\CCCc2ccc(Br)cc2C1=O.COC(=O)c1cnc2c(c1)CCCc1ccc(Br)cc1-2. The molecule has 258 valence electrons. The van der Waals surface area contributed by atoms with E-state index in [1.807, 2.05) is 57.2 Å². The number of allylic oxidation sites excluding steroid dienone is 1. The highest BCUT2D eigenvalue weighted by molar-refractivity contribution is 9.10. The second-order valence-electron chi connectivity index (χ2n) is 11.8. The van der Waals surface area contributed by atoms with Crippen LogP contribution in [0.15, 0.2) is 69.4 Å². The molecule has 10 heteroatoms. The van der Waals surface area contributed by atoms with Crippen molar-refractivity contribution in [1.29, 1.82) is 0 Å². The van der Waals surface area contributed by atoms with Crippen LogP contribution in [0.5, 0.6) is 0 Å². The Kier molecular flexibility index (Phi) is 16.0. The number of pyridine rings is 1. The summed E-state index contributed by atoms with van der Waals surface area (Å²) in [6.07, 6.45) is 9.78. The molecule has 2 aromatic carbocycles. The second kappa shape index (κ2) is 19.6. The quantitative estimate of drug-likeness (QED) is 0.134. The number of methoxy groups -OCH3 is 1. The summed E-state index contributed by atoms with van der Waals surface area (Å²) >= 11 is 6.95. The molecule has 0 N–H and O–H groups in total. The molecule has 48 heavy (non-hydrogen) atoms. The molecule has 1 unspecified atom stereocenters. The summed E-state index contributed by atoms with van der Waals surface area (Å²) in [5, 5.41) is 0. The molecule has 0 aliphatic heterocycles. The molecule has 0 bridgehead atoms. The highest BCUT2D eigenvalue weighted by atomic mass is 79.9. The van der Waals surface area contributed by atoms with E-state index in [0.29, 0.717) is 25.2 Å². The van der Waals surface area contributed by atoms with Crippen LogP contribution in [-0.4, -0.2) is 68.1 Å². The maximum atomic E-state index is 12.4. The first kappa shape index (κ1) is 39.1. The van der Waals surface area contributed by atoms with Gasteiger partial charge >= 0.3 is 11.9 Å². The van der Waals surface area contributed by atoms with Crippen LogP contribution in [-0.2, 0) is 38.3 Å². The summed E-state index contributed by atoms with van der Waals surface area (Å²) in [6.45, 7) is 6.64. The summed E-state index contributed by atoms with van der Waals surface area (Å²) in [4.78, 5) is 41.3. The number of esters is 2. The van der Waals surface area contributed by atoms with Gasteiger partial charge in [0.15, 0.2) is 5.78 Å². The Balaban J connectivity index is 0.000000205. The van der Waals surface area contributed by atoms with E-state index in [0.717, 1.165) is 75.4 Å². The third-order valence-electron chi connectivity index (χ3n) is 7.73. The number of carbonyl (C=O) groups excluding carboxylic acids is 3. The third kappa shape index (κ3) is 11.7. The Morgan fingerprint density at radius 3 is 2.10 bits per heavy atom. The fraction of sp³-hybridized carbons (Fsp3) is 0.421. The van der Waals surface area contributed by atoms with Crippen LogP contribution in [0.2, 0.25) is 0 Å². The van der Waals surface area contributed by atoms with Gasteiger partial charge in [-0.1, -0.05) is 44.0 Å². The number of benzene rings is 2. The molecular formula is C38H46Br2N2O6. The van der Waals surface area contributed by atoms with E-state index in [9.17, 15) is 14.4 Å². The number of rotatable bonds is 7. The van der Waals surface area contributed by atoms with Gasteiger partial charge in [-0.15, -0.1) is 0 Å². The Morgan fingerprint density at radius 2 is 1.50 bits per heavy atom. The summed E-state index contributed by atoms with van der Waals surface area (Å²) in [7, 11) is 5.29. The molecular weight excluding hydrogens is 740 g/mol. The van der Waals surface area contributed by atoms with Gasteiger partial charge in [-0.25, -0.2) is 4.79 Å². The number of aryl methyl sites for hydroxylation is 3. The van der Waals surface area contributed by atoms with Crippen molar-refractivity contribution in [2.75, 3.05) is 34.4 Å². The molecule has 5 rings (SSSR count). The van der Waals surface area contributed by atoms with Crippen molar-refractivity contribution in [3.05, 3.63) is 97.2 Å². The van der Waals surface area contributed by atoms with E-state index in [4.69, 9.17) is 14.2 Å². The first-order chi connectivity index (χ1) is 23.0. The van der Waals surface area contributed by atoms with E-state index in [-0.39, 0.29) is 23.8 Å². The van der Waals surface area contributed by atoms with E-state index < -0.39 is 0 Å². The Hall–Kier alpha value is -3.34. The molecule has 8 nitrogen and oxygen atoms in total. The van der Waals surface area contributed by atoms with Gasteiger partial charge in [-0.3, -0.25) is 14.6 Å². The van der Waals surface area contributed by atoms with Crippen molar-refractivity contribution in [1.82, 2.24) is 9.88 Å². The van der Waals surface area contributed by atoms with Crippen LogP contribution in [0.1, 0.15) is 83.9 Å². The monoisotopic (exact) mass is 784 g/mol. The van der Waals surface area contributed by atoms with Gasteiger partial charge in [0.1, 0.15) is 0 Å². The van der Waals surface area contributed by atoms with Crippen LogP contribution in [0.3, 0.4) is 0 Å². The van der Waals surface area contributed by atoms with Gasteiger partial charge in [-0.2, -0.15) is 0 Å². The molecule has 3 aromatic rings. The first-order valence-electron chi connectivity index (χ1n) is 16.3. The summed E-state index contributed by atoms with van der Waals surface area (Å²) < 4.78 is 16.7. The maximum Gasteiger partial charge on any atom is 0.339 e. The number of ketones is 1. The molecule has 1 aromatic heterocycles. The smallest absolute Gasteiger partial charge is 0.339 e. The van der Waals surface area contributed by atoms with Crippen molar-refractivity contribution in [2.24, 2.45) is 0 Å². The van der Waals surface area contributed by atoms with Gasteiger partial charge in [-0.05, 0) is 106 Å². The molecule has 0 spiro atoms. The maximum absolute atomic E-state index is 12.4. The number of halogens is 2. The van der Waals surface area contributed by atoms with E-state index >= 15 is 0 Å². The number of Topliss-reactive ketones (excluding diaryl/α,β-unsaturated/α-hetero) is 1. The van der Waals surface area contributed by atoms with Gasteiger partial charge in [0.25, 0.3) is 0 Å². The van der Waals surface area contributed by atoms with Crippen LogP contribution in [0.25, 0.3) is 11.3 Å². The molecule has 2 aliphatic carbocycles. The highest BCUT2D eigenvalue weighted by Gasteiger charge is 2.21. The van der Waals surface area contributed by atoms with Crippen LogP contribution >= 0.6 is 31.9 Å². The van der Waals surface area contributed by atoms with Gasteiger partial charge < -0.3 is 19.1 Å². The van der Waals surface area contributed by atoms with Crippen LogP contribution < -0.4 is 0 Å². The number of aromatic nitrogens is 1. The number of fused-ring (bicyclic) bond motifs is 4. The summed E-state index contributed by atoms with van der Waals surface area (Å²) in [5.74, 6) is -0.347. The van der Waals surface area contributed by atoms with E-state index in [1.165, 1.54) is 18.2 Å². The minimum atomic E-state index is -0.334. The normalized spacial score (nSPS) is 14.7. The fourth-order valence-corrected chi connectivity index (χ4v) is 6.32. The van der Waals surface area contributed by atoms with Gasteiger partial charge in [0.2, 0.25) is 0 Å². The van der Waals surface area contributed by atoms with Gasteiger partial charge in [0, 0.05) is 58.7 Å². The first-order valence-corrected chi connectivity index (χ1v) is 17.9. The molecule has 0 radical (unpaired) electrons. The number of carbonyl (C=O) groups is 3. The van der Waals surface area contributed by atoms with Crippen molar-refractivity contribution in [2.45, 2.75) is 71.8 Å². The standard InChI is InChI=1S/C16H14BrNO2.C14H16BrNO.C8H16O3/c1-20-16(19)12-7-11-4-2-3-10-5-6-13(17)8-14(10)15(11)18-9-12;1-16(2)9-11-5-3-4-10-6-7-12(15)8-13(10)14(11)17;1-4-10-7(3)6-8(9)11-5-2/h5-9H,2-4H2,1H3;6-9H,3-5H2,1-2H3;7H,4-6H2,1-3H3/b;11-9+;. The molecule has 2 aliphatic rings. The second-order valence-corrected chi connectivity index (χ2v) is 13.6. The third-order valence-corrected chi connectivity index (χ3v) is 8.72. The molecule has 0 saturated heterocycles. The van der Waals surface area contributed by atoms with Crippen LogP contribution in [0, 0.1) is 0 Å². The fourth-order valence-electron chi connectivity index (χ4n) is 5.60. The Bertz CT molecular complexity index is 1600. The Labute approximate surface area is 301 Å². The minimum Gasteiger partial charge on any atom is -0.466 e. The minimum absolute atomic E-state index is 0.0287. The predicted molar refractivity (Wildman–Crippen MR) is 196 cm³/mol.